The Balaban J connectivity index is 1.88. The van der Waals surface area contributed by atoms with Gasteiger partial charge in [-0.2, -0.15) is 5.10 Å². The number of nitrogens with zero attached hydrogens (tertiary/aromatic N) is 5. The summed E-state index contributed by atoms with van der Waals surface area (Å²) in [7, 11) is 0. The number of amides is 1. The van der Waals surface area contributed by atoms with Gasteiger partial charge >= 0.3 is 0 Å². The number of hydrogen-bond donors (Lipinski definition) is 0. The number of hydrogen-bond acceptors (Lipinski definition) is 4. The molecule has 1 saturated heterocycles. The first-order chi connectivity index (χ1) is 10.7. The maximum absolute atomic E-state index is 12.6. The van der Waals surface area contributed by atoms with Gasteiger partial charge in [0.2, 0.25) is 5.91 Å². The van der Waals surface area contributed by atoms with E-state index in [9.17, 15) is 9.59 Å². The maximum atomic E-state index is 12.6. The molecule has 7 heteroatoms. The summed E-state index contributed by atoms with van der Waals surface area (Å²) in [6, 6.07) is 4.19. The molecule has 0 radical (unpaired) electrons. The summed E-state index contributed by atoms with van der Waals surface area (Å²) >= 11 is 0. The van der Waals surface area contributed by atoms with Crippen LogP contribution in [0.5, 0.6) is 0 Å². The molecule has 0 saturated carbocycles. The molecule has 0 aromatic carbocycles. The second-order valence-corrected chi connectivity index (χ2v) is 5.49. The minimum Gasteiger partial charge on any atom is -0.341 e. The summed E-state index contributed by atoms with van der Waals surface area (Å²) in [6.07, 6.45) is 6.58. The van der Waals surface area contributed by atoms with Gasteiger partial charge < -0.3 is 4.90 Å². The molecule has 2 aromatic rings. The zero-order valence-electron chi connectivity index (χ0n) is 12.6. The van der Waals surface area contributed by atoms with Crippen molar-refractivity contribution in [2.75, 3.05) is 13.1 Å². The van der Waals surface area contributed by atoms with Crippen molar-refractivity contribution in [3.05, 3.63) is 40.9 Å². The lowest BCUT2D eigenvalue weighted by Gasteiger charge is -2.29. The van der Waals surface area contributed by atoms with Crippen LogP contribution >= 0.6 is 0 Å². The van der Waals surface area contributed by atoms with E-state index in [1.54, 1.807) is 36.1 Å². The first-order valence-corrected chi connectivity index (χ1v) is 7.55. The lowest BCUT2D eigenvalue weighted by atomic mass is 10.1. The van der Waals surface area contributed by atoms with E-state index in [4.69, 9.17) is 0 Å². The predicted octanol–water partition coefficient (Wildman–Crippen LogP) is 1.00. The van der Waals surface area contributed by atoms with E-state index < -0.39 is 6.04 Å². The van der Waals surface area contributed by atoms with Crippen LogP contribution in [0.1, 0.15) is 32.2 Å². The highest BCUT2D eigenvalue weighted by Gasteiger charge is 2.25. The Hall–Kier alpha value is -2.44. The number of aromatic nitrogens is 4. The molecule has 1 atom stereocenters. The van der Waals surface area contributed by atoms with Gasteiger partial charge in [-0.15, -0.1) is 5.10 Å². The minimum atomic E-state index is -0.610. The van der Waals surface area contributed by atoms with Gasteiger partial charge in [0.05, 0.1) is 0 Å². The van der Waals surface area contributed by atoms with Crippen LogP contribution in [0, 0.1) is 0 Å². The molecule has 1 aliphatic heterocycles. The Morgan fingerprint density at radius 3 is 2.68 bits per heavy atom. The molecule has 1 fully saturated rings. The number of likely N-dealkylation sites (tertiary alicyclic amines) is 1. The van der Waals surface area contributed by atoms with Crippen LogP contribution in [-0.2, 0) is 4.79 Å². The Morgan fingerprint density at radius 1 is 1.23 bits per heavy atom. The van der Waals surface area contributed by atoms with Crippen molar-refractivity contribution in [3.63, 3.8) is 0 Å². The highest BCUT2D eigenvalue weighted by molar-refractivity contribution is 5.80. The predicted molar refractivity (Wildman–Crippen MR) is 80.8 cm³/mol. The smallest absolute Gasteiger partial charge is 0.267 e. The topological polar surface area (TPSA) is 73.0 Å². The lowest BCUT2D eigenvalue weighted by Crippen LogP contribution is -2.42. The fourth-order valence-corrected chi connectivity index (χ4v) is 2.70. The maximum Gasteiger partial charge on any atom is 0.267 e. The van der Waals surface area contributed by atoms with Crippen LogP contribution in [0.15, 0.2) is 35.4 Å². The van der Waals surface area contributed by atoms with Crippen LogP contribution in [-0.4, -0.2) is 43.5 Å². The summed E-state index contributed by atoms with van der Waals surface area (Å²) in [5, 5.41) is 8.38. The first-order valence-electron chi connectivity index (χ1n) is 7.55. The number of carbonyl (C=O) groups is 1. The van der Waals surface area contributed by atoms with Crippen LogP contribution in [0.25, 0.3) is 5.82 Å². The van der Waals surface area contributed by atoms with Crippen molar-refractivity contribution in [1.29, 1.82) is 0 Å². The molecule has 1 aliphatic rings. The third-order valence-corrected chi connectivity index (χ3v) is 3.94. The summed E-state index contributed by atoms with van der Waals surface area (Å²) < 4.78 is 2.81. The fourth-order valence-electron chi connectivity index (χ4n) is 2.70. The van der Waals surface area contributed by atoms with E-state index in [2.05, 4.69) is 10.2 Å². The van der Waals surface area contributed by atoms with Crippen LogP contribution < -0.4 is 5.56 Å². The average Bonchev–Trinajstić information content (AvgIpc) is 3.09. The summed E-state index contributed by atoms with van der Waals surface area (Å²) in [6.45, 7) is 3.24. The van der Waals surface area contributed by atoms with Crippen LogP contribution in [0.2, 0.25) is 0 Å². The number of piperidine rings is 1. The molecule has 1 amide bonds. The van der Waals surface area contributed by atoms with Crippen molar-refractivity contribution < 1.29 is 4.79 Å². The molecule has 0 bridgehead atoms. The normalized spacial score (nSPS) is 16.5. The molecule has 22 heavy (non-hydrogen) atoms. The summed E-state index contributed by atoms with van der Waals surface area (Å²) in [5.74, 6) is 0.467. The zero-order valence-corrected chi connectivity index (χ0v) is 12.6. The Bertz CT molecular complexity index is 701. The molecule has 1 unspecified atom stereocenters. The molecular formula is C15H19N5O2. The fraction of sp³-hybridized carbons (Fsp3) is 0.467. The Kier molecular flexibility index (Phi) is 4.04. The first kappa shape index (κ1) is 14.5. The number of rotatable bonds is 3. The standard InChI is InChI=1S/C15H19N5O2/c1-12(15(22)18-9-3-2-4-10-18)20-14(21)7-6-13(17-20)19-11-5-8-16-19/h5-8,11-12H,2-4,9-10H2,1H3. The van der Waals surface area contributed by atoms with Gasteiger partial charge in [-0.3, -0.25) is 9.59 Å². The van der Waals surface area contributed by atoms with Crippen LogP contribution in [0.3, 0.4) is 0 Å². The van der Waals surface area contributed by atoms with Crippen molar-refractivity contribution in [1.82, 2.24) is 24.5 Å². The van der Waals surface area contributed by atoms with Gasteiger partial charge in [0, 0.05) is 31.5 Å². The quantitative estimate of drug-likeness (QED) is 0.848. The van der Waals surface area contributed by atoms with E-state index in [1.807, 2.05) is 4.90 Å². The van der Waals surface area contributed by atoms with Crippen molar-refractivity contribution in [2.24, 2.45) is 0 Å². The second kappa shape index (κ2) is 6.13. The van der Waals surface area contributed by atoms with Gasteiger partial charge in [-0.25, -0.2) is 9.36 Å². The van der Waals surface area contributed by atoms with E-state index >= 15 is 0 Å². The SMILES string of the molecule is CC(C(=O)N1CCCCC1)n1nc(-n2cccn2)ccc1=O. The van der Waals surface area contributed by atoms with E-state index in [0.717, 1.165) is 32.4 Å². The highest BCUT2D eigenvalue weighted by Crippen LogP contribution is 2.14. The van der Waals surface area contributed by atoms with Crippen LogP contribution in [0.4, 0.5) is 0 Å². The monoisotopic (exact) mass is 301 g/mol. The molecule has 3 heterocycles. The van der Waals surface area contributed by atoms with Crippen molar-refractivity contribution in [3.8, 4) is 5.82 Å². The van der Waals surface area contributed by atoms with Gasteiger partial charge in [0.15, 0.2) is 5.82 Å². The van der Waals surface area contributed by atoms with Gasteiger partial charge in [0.1, 0.15) is 6.04 Å². The second-order valence-electron chi connectivity index (χ2n) is 5.49. The van der Waals surface area contributed by atoms with E-state index in [1.165, 1.54) is 10.7 Å². The molecule has 2 aromatic heterocycles. The van der Waals surface area contributed by atoms with Crippen molar-refractivity contribution in [2.45, 2.75) is 32.2 Å². The molecule has 0 spiro atoms. The average molecular weight is 301 g/mol. The zero-order chi connectivity index (χ0) is 15.5. The molecule has 0 aliphatic carbocycles. The minimum absolute atomic E-state index is 0.0492. The Labute approximate surface area is 128 Å². The van der Waals surface area contributed by atoms with Gasteiger partial charge in [0.25, 0.3) is 5.56 Å². The molecule has 3 rings (SSSR count). The lowest BCUT2D eigenvalue weighted by molar-refractivity contribution is -0.135. The Morgan fingerprint density at radius 2 is 2.00 bits per heavy atom. The largest absolute Gasteiger partial charge is 0.341 e. The molecular weight excluding hydrogens is 282 g/mol. The van der Waals surface area contributed by atoms with Gasteiger partial charge in [-0.1, -0.05) is 0 Å². The van der Waals surface area contributed by atoms with Gasteiger partial charge in [-0.05, 0) is 38.3 Å². The summed E-state index contributed by atoms with van der Waals surface area (Å²) in [5.41, 5.74) is -0.284. The molecule has 116 valence electrons. The molecule has 7 nitrogen and oxygen atoms in total. The van der Waals surface area contributed by atoms with E-state index in [-0.39, 0.29) is 11.5 Å². The molecule has 0 N–H and O–H groups in total. The number of carbonyl (C=O) groups excluding carboxylic acids is 1. The third-order valence-electron chi connectivity index (χ3n) is 3.94. The van der Waals surface area contributed by atoms with E-state index in [0.29, 0.717) is 5.82 Å². The van der Waals surface area contributed by atoms with Crippen molar-refractivity contribution >= 4 is 5.91 Å². The highest BCUT2D eigenvalue weighted by atomic mass is 16.2. The summed E-state index contributed by atoms with van der Waals surface area (Å²) in [4.78, 5) is 26.4. The third kappa shape index (κ3) is 2.79.